The van der Waals surface area contributed by atoms with Crippen LogP contribution < -0.4 is 4.90 Å². The Balaban J connectivity index is 1.14. The molecule has 3 fully saturated rings. The summed E-state index contributed by atoms with van der Waals surface area (Å²) < 4.78 is 39.1. The zero-order valence-corrected chi connectivity index (χ0v) is 26.8. The number of carbonyl (C=O) groups excluding carboxylic acids is 1. The summed E-state index contributed by atoms with van der Waals surface area (Å²) in [6.45, 7) is 2.89. The Morgan fingerprint density at radius 1 is 0.870 bits per heavy atom. The molecule has 244 valence electrons. The van der Waals surface area contributed by atoms with Crippen molar-refractivity contribution in [3.63, 3.8) is 0 Å². The number of anilines is 2. The first kappa shape index (κ1) is 32.3. The average Bonchev–Trinajstić information content (AvgIpc) is 3.62. The monoisotopic (exact) mass is 630 g/mol. The molecule has 2 aromatic carbocycles. The Morgan fingerprint density at radius 2 is 1.48 bits per heavy atom. The van der Waals surface area contributed by atoms with E-state index in [2.05, 4.69) is 39.0 Å². The lowest BCUT2D eigenvalue weighted by Gasteiger charge is -2.48. The summed E-state index contributed by atoms with van der Waals surface area (Å²) in [7, 11) is 2.02. The van der Waals surface area contributed by atoms with Crippen LogP contribution in [0.5, 0.6) is 0 Å². The Bertz CT molecular complexity index is 1450. The predicted molar refractivity (Wildman–Crippen MR) is 178 cm³/mol. The van der Waals surface area contributed by atoms with Gasteiger partial charge in [-0.25, -0.2) is 0 Å². The van der Waals surface area contributed by atoms with Crippen LogP contribution in [0.15, 0.2) is 79.1 Å². The topological polar surface area (TPSA) is 39.7 Å². The fourth-order valence-electron chi connectivity index (χ4n) is 7.83. The second kappa shape index (κ2) is 14.0. The molecule has 0 unspecified atom stereocenters. The Morgan fingerprint density at radius 3 is 2.09 bits per heavy atom. The van der Waals surface area contributed by atoms with Gasteiger partial charge in [0.1, 0.15) is 0 Å². The SMILES string of the molecule is CN(c1ccncc1)c1ccc(CN(C(=O)/C=C/c2ccc(C(F)(F)F)cc2)C2CCC3(CC2)CCN(C2CCCC2)CC3)cc1. The first-order valence-electron chi connectivity index (χ1n) is 16.8. The second-order valence-corrected chi connectivity index (χ2v) is 13.6. The number of carbonyl (C=O) groups is 1. The zero-order chi connectivity index (χ0) is 32.1. The summed E-state index contributed by atoms with van der Waals surface area (Å²) >= 11 is 0. The van der Waals surface area contributed by atoms with Crippen molar-refractivity contribution in [2.45, 2.75) is 89.0 Å². The fraction of sp³-hybridized carbons (Fsp3) is 0.474. The van der Waals surface area contributed by atoms with E-state index in [-0.39, 0.29) is 11.9 Å². The van der Waals surface area contributed by atoms with Gasteiger partial charge in [0.05, 0.1) is 5.56 Å². The van der Waals surface area contributed by atoms with Gasteiger partial charge in [0.2, 0.25) is 5.91 Å². The van der Waals surface area contributed by atoms with E-state index in [0.29, 0.717) is 17.5 Å². The Hall–Kier alpha value is -3.65. The van der Waals surface area contributed by atoms with Crippen molar-refractivity contribution in [3.8, 4) is 0 Å². The molecule has 3 aromatic rings. The number of hydrogen-bond donors (Lipinski definition) is 0. The molecule has 1 saturated heterocycles. The molecule has 0 bridgehead atoms. The summed E-state index contributed by atoms with van der Waals surface area (Å²) in [5.74, 6) is -0.102. The van der Waals surface area contributed by atoms with Crippen molar-refractivity contribution in [1.82, 2.24) is 14.8 Å². The molecule has 1 amide bonds. The number of nitrogens with zero attached hydrogens (tertiary/aromatic N) is 4. The molecule has 5 nitrogen and oxygen atoms in total. The van der Waals surface area contributed by atoms with E-state index in [9.17, 15) is 18.0 Å². The van der Waals surface area contributed by atoms with E-state index >= 15 is 0 Å². The average molecular weight is 631 g/mol. The van der Waals surface area contributed by atoms with Gasteiger partial charge in [-0.2, -0.15) is 13.2 Å². The lowest BCUT2D eigenvalue weighted by molar-refractivity contribution is -0.137. The number of amides is 1. The van der Waals surface area contributed by atoms with Crippen LogP contribution in [0, 0.1) is 5.41 Å². The highest BCUT2D eigenvalue weighted by Crippen LogP contribution is 2.46. The number of likely N-dealkylation sites (tertiary alicyclic amines) is 1. The number of hydrogen-bond acceptors (Lipinski definition) is 4. The van der Waals surface area contributed by atoms with E-state index in [1.54, 1.807) is 18.5 Å². The third-order valence-electron chi connectivity index (χ3n) is 10.8. The van der Waals surface area contributed by atoms with E-state index in [0.717, 1.165) is 60.8 Å². The fourth-order valence-corrected chi connectivity index (χ4v) is 7.83. The number of aromatic nitrogens is 1. The van der Waals surface area contributed by atoms with Crippen LogP contribution in [0.25, 0.3) is 6.08 Å². The van der Waals surface area contributed by atoms with Crippen molar-refractivity contribution in [2.75, 3.05) is 25.0 Å². The van der Waals surface area contributed by atoms with Gasteiger partial charge < -0.3 is 14.7 Å². The van der Waals surface area contributed by atoms with Crippen molar-refractivity contribution in [3.05, 3.63) is 95.8 Å². The smallest absolute Gasteiger partial charge is 0.345 e. The van der Waals surface area contributed by atoms with Crippen LogP contribution in [-0.4, -0.2) is 52.9 Å². The lowest BCUT2D eigenvalue weighted by Crippen LogP contribution is -2.48. The second-order valence-electron chi connectivity index (χ2n) is 13.6. The maximum absolute atomic E-state index is 13.8. The van der Waals surface area contributed by atoms with Gasteiger partial charge in [0.15, 0.2) is 0 Å². The number of pyridine rings is 1. The molecule has 2 aliphatic carbocycles. The highest BCUT2D eigenvalue weighted by Gasteiger charge is 2.41. The Labute approximate surface area is 271 Å². The maximum Gasteiger partial charge on any atom is 0.416 e. The summed E-state index contributed by atoms with van der Waals surface area (Å²) in [6.07, 6.45) is 14.5. The van der Waals surface area contributed by atoms with Crippen molar-refractivity contribution >= 4 is 23.4 Å². The molecule has 0 atom stereocenters. The van der Waals surface area contributed by atoms with Gasteiger partial charge in [-0.15, -0.1) is 0 Å². The molecule has 2 heterocycles. The number of benzene rings is 2. The quantitative estimate of drug-likeness (QED) is 0.233. The third-order valence-corrected chi connectivity index (χ3v) is 10.8. The molecule has 1 aliphatic heterocycles. The van der Waals surface area contributed by atoms with Gasteiger partial charge >= 0.3 is 6.18 Å². The highest BCUT2D eigenvalue weighted by atomic mass is 19.4. The van der Waals surface area contributed by atoms with Crippen molar-refractivity contribution in [2.24, 2.45) is 5.41 Å². The molecular weight excluding hydrogens is 585 g/mol. The lowest BCUT2D eigenvalue weighted by atomic mass is 9.66. The largest absolute Gasteiger partial charge is 0.416 e. The Kier molecular flexibility index (Phi) is 9.83. The highest BCUT2D eigenvalue weighted by molar-refractivity contribution is 5.92. The molecule has 2 saturated carbocycles. The van der Waals surface area contributed by atoms with Crippen LogP contribution in [0.2, 0.25) is 0 Å². The number of rotatable bonds is 8. The van der Waals surface area contributed by atoms with E-state index < -0.39 is 11.7 Å². The molecule has 46 heavy (non-hydrogen) atoms. The van der Waals surface area contributed by atoms with E-state index in [1.165, 1.54) is 69.8 Å². The molecular formula is C38H45F3N4O. The summed E-state index contributed by atoms with van der Waals surface area (Å²) in [6, 6.07) is 18.1. The molecule has 0 N–H and O–H groups in total. The van der Waals surface area contributed by atoms with Crippen molar-refractivity contribution < 1.29 is 18.0 Å². The van der Waals surface area contributed by atoms with Gasteiger partial charge in [0, 0.05) is 55.5 Å². The van der Waals surface area contributed by atoms with Crippen LogP contribution >= 0.6 is 0 Å². The normalized spacial score (nSPS) is 19.6. The van der Waals surface area contributed by atoms with Crippen LogP contribution in [0.4, 0.5) is 24.5 Å². The van der Waals surface area contributed by atoms with E-state index in [1.807, 2.05) is 24.1 Å². The predicted octanol–water partition coefficient (Wildman–Crippen LogP) is 8.88. The van der Waals surface area contributed by atoms with Gasteiger partial charge in [0.25, 0.3) is 0 Å². The van der Waals surface area contributed by atoms with Crippen LogP contribution in [-0.2, 0) is 17.5 Å². The number of alkyl halides is 3. The maximum atomic E-state index is 13.8. The van der Waals surface area contributed by atoms with Crippen molar-refractivity contribution in [1.29, 1.82) is 0 Å². The molecule has 3 aliphatic rings. The van der Waals surface area contributed by atoms with E-state index in [4.69, 9.17) is 0 Å². The standard InChI is InChI=1S/C38H45F3N4O/c1-43(33-18-24-42-25-19-33)32-13-8-30(9-14-32)28-45(36(46)15-10-29-6-11-31(12-7-29)38(39,40)41)35-16-20-37(21-17-35)22-26-44(27-23-37)34-4-2-3-5-34/h6-15,18-19,24-25,34-35H,2-5,16-17,20-23,26-28H2,1H3/b15-10+. The summed E-state index contributed by atoms with van der Waals surface area (Å²) in [4.78, 5) is 24.7. The van der Waals surface area contributed by atoms with Gasteiger partial charge in [-0.3, -0.25) is 9.78 Å². The van der Waals surface area contributed by atoms with Crippen LogP contribution in [0.3, 0.4) is 0 Å². The molecule has 1 spiro atoms. The minimum Gasteiger partial charge on any atom is -0.345 e. The first-order chi connectivity index (χ1) is 22.2. The molecule has 8 heteroatoms. The summed E-state index contributed by atoms with van der Waals surface area (Å²) in [5, 5.41) is 0. The van der Waals surface area contributed by atoms with Crippen LogP contribution in [0.1, 0.15) is 80.9 Å². The number of piperidine rings is 1. The van der Waals surface area contributed by atoms with Gasteiger partial charge in [-0.1, -0.05) is 37.1 Å². The number of halogens is 3. The minimum absolute atomic E-state index is 0.102. The molecule has 6 rings (SSSR count). The first-order valence-corrected chi connectivity index (χ1v) is 16.8. The zero-order valence-electron chi connectivity index (χ0n) is 26.8. The minimum atomic E-state index is -4.39. The van der Waals surface area contributed by atoms with Gasteiger partial charge in [-0.05, 0) is 123 Å². The summed E-state index contributed by atoms with van der Waals surface area (Å²) in [5.41, 5.74) is 3.39. The molecule has 1 aromatic heterocycles. The molecule has 0 radical (unpaired) electrons. The third kappa shape index (κ3) is 7.65.